The van der Waals surface area contributed by atoms with Crippen molar-refractivity contribution >= 4 is 23.2 Å². The van der Waals surface area contributed by atoms with Gasteiger partial charge < -0.3 is 21.1 Å². The van der Waals surface area contributed by atoms with E-state index in [-0.39, 0.29) is 17.9 Å². The Kier molecular flexibility index (Phi) is 7.20. The summed E-state index contributed by atoms with van der Waals surface area (Å²) in [4.78, 5) is 26.7. The molecule has 2 amide bonds. The first-order valence-electron chi connectivity index (χ1n) is 9.92. The van der Waals surface area contributed by atoms with Gasteiger partial charge in [0.05, 0.1) is 12.6 Å². The van der Waals surface area contributed by atoms with E-state index < -0.39 is 6.10 Å². The van der Waals surface area contributed by atoms with Gasteiger partial charge in [-0.25, -0.2) is 0 Å². The first-order valence-corrected chi connectivity index (χ1v) is 9.92. The summed E-state index contributed by atoms with van der Waals surface area (Å²) in [5, 5.41) is 5.78. The topological polar surface area (TPSA) is 96.7 Å². The molecule has 1 aromatic carbocycles. The average molecular weight is 374 g/mol. The second kappa shape index (κ2) is 9.82. The molecule has 0 aliphatic carbocycles. The molecule has 2 aliphatic rings. The molecule has 4 N–H and O–H groups in total. The quantitative estimate of drug-likeness (QED) is 0.707. The van der Waals surface area contributed by atoms with Crippen LogP contribution in [0.2, 0.25) is 0 Å². The number of nitrogens with one attached hydrogen (secondary N) is 2. The lowest BCUT2D eigenvalue weighted by Crippen LogP contribution is -2.33. The number of likely N-dealkylation sites (tertiary alicyclic amines) is 1. The van der Waals surface area contributed by atoms with Crippen LogP contribution in [0.4, 0.5) is 11.4 Å². The van der Waals surface area contributed by atoms with Crippen LogP contribution in [-0.4, -0.2) is 55.1 Å². The summed E-state index contributed by atoms with van der Waals surface area (Å²) in [7, 11) is 0. The fourth-order valence-corrected chi connectivity index (χ4v) is 3.63. The Bertz CT molecular complexity index is 627. The van der Waals surface area contributed by atoms with Gasteiger partial charge in [-0.1, -0.05) is 12.8 Å². The zero-order chi connectivity index (χ0) is 19.1. The molecule has 2 fully saturated rings. The lowest BCUT2D eigenvalue weighted by molar-refractivity contribution is -0.126. The van der Waals surface area contributed by atoms with Gasteiger partial charge in [-0.15, -0.1) is 0 Å². The number of nitrogens with two attached hydrogens (primary N) is 1. The van der Waals surface area contributed by atoms with Gasteiger partial charge in [0.1, 0.15) is 6.10 Å². The van der Waals surface area contributed by atoms with Crippen molar-refractivity contribution in [2.75, 3.05) is 36.8 Å². The minimum absolute atomic E-state index is 0.000803. The number of carbonyl (C=O) groups is 2. The number of benzene rings is 1. The van der Waals surface area contributed by atoms with Crippen molar-refractivity contribution in [3.63, 3.8) is 0 Å². The molecule has 0 aromatic heterocycles. The molecular weight excluding hydrogens is 344 g/mol. The van der Waals surface area contributed by atoms with Crippen molar-refractivity contribution in [2.24, 2.45) is 5.73 Å². The molecule has 1 aromatic rings. The highest BCUT2D eigenvalue weighted by atomic mass is 16.5. The van der Waals surface area contributed by atoms with Gasteiger partial charge in [0.25, 0.3) is 5.91 Å². The summed E-state index contributed by atoms with van der Waals surface area (Å²) in [6.45, 7) is 2.86. The number of rotatable bonds is 6. The molecule has 0 unspecified atom stereocenters. The van der Waals surface area contributed by atoms with Crippen LogP contribution in [0.3, 0.4) is 0 Å². The highest BCUT2D eigenvalue weighted by Crippen LogP contribution is 2.21. The third-order valence-corrected chi connectivity index (χ3v) is 5.16. The van der Waals surface area contributed by atoms with Crippen molar-refractivity contribution in [2.45, 2.75) is 50.7 Å². The minimum atomic E-state index is -0.438. The highest BCUT2D eigenvalue weighted by Gasteiger charge is 2.29. The summed E-state index contributed by atoms with van der Waals surface area (Å²) in [5.41, 5.74) is 6.99. The smallest absolute Gasteiger partial charge is 0.253 e. The number of hydrogen-bond donors (Lipinski definition) is 3. The monoisotopic (exact) mass is 374 g/mol. The van der Waals surface area contributed by atoms with Crippen molar-refractivity contribution in [1.82, 2.24) is 4.90 Å². The summed E-state index contributed by atoms with van der Waals surface area (Å²) in [5.74, 6) is -0.148. The third kappa shape index (κ3) is 6.02. The van der Waals surface area contributed by atoms with Gasteiger partial charge in [-0.2, -0.15) is 0 Å². The lowest BCUT2D eigenvalue weighted by Gasteiger charge is -2.19. The Morgan fingerprint density at radius 1 is 1.00 bits per heavy atom. The summed E-state index contributed by atoms with van der Waals surface area (Å²) in [6, 6.07) is 7.17. The van der Waals surface area contributed by atoms with Gasteiger partial charge in [0.2, 0.25) is 5.91 Å². The van der Waals surface area contributed by atoms with Gasteiger partial charge in [-0.05, 0) is 63.0 Å². The largest absolute Gasteiger partial charge is 0.364 e. The first-order chi connectivity index (χ1) is 13.1. The van der Waals surface area contributed by atoms with Crippen molar-refractivity contribution in [3.8, 4) is 0 Å². The van der Waals surface area contributed by atoms with Crippen LogP contribution in [0.15, 0.2) is 24.3 Å². The first kappa shape index (κ1) is 19.8. The number of hydrogen-bond acceptors (Lipinski definition) is 5. The van der Waals surface area contributed by atoms with E-state index >= 15 is 0 Å². The van der Waals surface area contributed by atoms with Gasteiger partial charge in [0, 0.05) is 17.9 Å². The van der Waals surface area contributed by atoms with Crippen LogP contribution in [0, 0.1) is 0 Å². The molecule has 7 heteroatoms. The molecule has 148 valence electrons. The Morgan fingerprint density at radius 3 is 2.22 bits per heavy atom. The van der Waals surface area contributed by atoms with E-state index in [4.69, 9.17) is 10.5 Å². The van der Waals surface area contributed by atoms with E-state index in [0.29, 0.717) is 25.2 Å². The maximum Gasteiger partial charge on any atom is 0.253 e. The number of carbonyl (C=O) groups excluding carboxylic acids is 2. The van der Waals surface area contributed by atoms with Crippen molar-refractivity contribution < 1.29 is 14.3 Å². The fourth-order valence-electron chi connectivity index (χ4n) is 3.63. The second-order valence-corrected chi connectivity index (χ2v) is 7.36. The Balaban J connectivity index is 1.45. The molecule has 2 saturated heterocycles. The molecule has 2 aliphatic heterocycles. The van der Waals surface area contributed by atoms with Gasteiger partial charge in [-0.3, -0.25) is 14.5 Å². The number of amides is 2. The van der Waals surface area contributed by atoms with Crippen LogP contribution in [0.5, 0.6) is 0 Å². The second-order valence-electron chi connectivity index (χ2n) is 7.36. The van der Waals surface area contributed by atoms with Gasteiger partial charge in [0.15, 0.2) is 0 Å². The number of nitrogens with zero attached hydrogens (tertiary/aromatic N) is 1. The van der Waals surface area contributed by atoms with E-state index in [2.05, 4.69) is 15.5 Å². The van der Waals surface area contributed by atoms with Crippen LogP contribution in [0.1, 0.15) is 38.5 Å². The molecule has 0 saturated carbocycles. The normalized spacial score (nSPS) is 23.6. The minimum Gasteiger partial charge on any atom is -0.364 e. The average Bonchev–Trinajstić information content (AvgIpc) is 3.01. The third-order valence-electron chi connectivity index (χ3n) is 5.16. The Labute approximate surface area is 160 Å². The maximum atomic E-state index is 12.2. The molecule has 0 spiro atoms. The van der Waals surface area contributed by atoms with E-state index in [1.54, 1.807) is 24.3 Å². The van der Waals surface area contributed by atoms with E-state index in [9.17, 15) is 9.59 Å². The van der Waals surface area contributed by atoms with Gasteiger partial charge >= 0.3 is 0 Å². The molecule has 0 radical (unpaired) electrons. The summed E-state index contributed by atoms with van der Waals surface area (Å²) in [6.07, 6.45) is 5.88. The van der Waals surface area contributed by atoms with Crippen molar-refractivity contribution in [3.05, 3.63) is 24.3 Å². The SMILES string of the molecule is NC[C@H]1CC[C@@H](C(=O)Nc2ccc(NC(=O)CN3CCCCCC3)cc2)O1. The zero-order valence-electron chi connectivity index (χ0n) is 15.8. The Morgan fingerprint density at radius 2 is 1.63 bits per heavy atom. The standard InChI is InChI=1S/C20H30N4O3/c21-13-17-9-10-18(27-17)20(26)23-16-7-5-15(6-8-16)22-19(25)14-24-11-3-1-2-4-12-24/h5-8,17-18H,1-4,9-14,21H2,(H,22,25)(H,23,26)/t17-,18+/m1/s1. The number of anilines is 2. The summed E-state index contributed by atoms with van der Waals surface area (Å²) < 4.78 is 5.60. The molecule has 2 atom stereocenters. The molecule has 27 heavy (non-hydrogen) atoms. The predicted octanol–water partition coefficient (Wildman–Crippen LogP) is 1.95. The van der Waals surface area contributed by atoms with Crippen molar-refractivity contribution in [1.29, 1.82) is 0 Å². The summed E-state index contributed by atoms with van der Waals surface area (Å²) >= 11 is 0. The van der Waals surface area contributed by atoms with E-state index in [0.717, 1.165) is 25.2 Å². The zero-order valence-corrected chi connectivity index (χ0v) is 15.8. The van der Waals surface area contributed by atoms with E-state index in [1.165, 1.54) is 25.7 Å². The number of ether oxygens (including phenoxy) is 1. The molecule has 2 heterocycles. The lowest BCUT2D eigenvalue weighted by atomic mass is 10.2. The molecule has 0 bridgehead atoms. The highest BCUT2D eigenvalue weighted by molar-refractivity contribution is 5.95. The van der Waals surface area contributed by atoms with Crippen LogP contribution >= 0.6 is 0 Å². The molecule has 3 rings (SSSR count). The van der Waals surface area contributed by atoms with Crippen LogP contribution in [0.25, 0.3) is 0 Å². The van der Waals surface area contributed by atoms with Crippen LogP contribution in [-0.2, 0) is 14.3 Å². The molecular formula is C20H30N4O3. The maximum absolute atomic E-state index is 12.2. The van der Waals surface area contributed by atoms with E-state index in [1.807, 2.05) is 0 Å². The molecule has 7 nitrogen and oxygen atoms in total. The van der Waals surface area contributed by atoms with Crippen LogP contribution < -0.4 is 16.4 Å². The fraction of sp³-hybridized carbons (Fsp3) is 0.600. The predicted molar refractivity (Wildman–Crippen MR) is 106 cm³/mol. The Hall–Kier alpha value is -1.96.